The minimum atomic E-state index is -0.161. The lowest BCUT2D eigenvalue weighted by Gasteiger charge is -2.13. The third-order valence-corrected chi connectivity index (χ3v) is 3.19. The van der Waals surface area contributed by atoms with Crippen LogP contribution in [0, 0.1) is 0 Å². The number of carbonyl (C=O) groups is 1. The standard InChI is InChI=1S/C13H14BrN3O/c1-9(10-3-5-11(14)6-4-10)15-13(18)12-7-8-17(2)16-12/h3-9H,1-2H3,(H,15,18)/t9-/m1/s1. The molecule has 4 nitrogen and oxygen atoms in total. The molecule has 1 heterocycles. The predicted molar refractivity (Wildman–Crippen MR) is 73.2 cm³/mol. The maximum atomic E-state index is 11.9. The molecule has 1 amide bonds. The van der Waals surface area contributed by atoms with Crippen molar-refractivity contribution in [2.24, 2.45) is 7.05 Å². The summed E-state index contributed by atoms with van der Waals surface area (Å²) >= 11 is 3.38. The second kappa shape index (κ2) is 5.35. The van der Waals surface area contributed by atoms with Gasteiger partial charge in [0.2, 0.25) is 0 Å². The van der Waals surface area contributed by atoms with Crippen molar-refractivity contribution in [2.45, 2.75) is 13.0 Å². The van der Waals surface area contributed by atoms with Crippen LogP contribution < -0.4 is 5.32 Å². The molecule has 0 spiro atoms. The van der Waals surface area contributed by atoms with Crippen molar-refractivity contribution in [1.82, 2.24) is 15.1 Å². The van der Waals surface area contributed by atoms with E-state index >= 15 is 0 Å². The van der Waals surface area contributed by atoms with E-state index in [9.17, 15) is 4.79 Å². The van der Waals surface area contributed by atoms with E-state index in [-0.39, 0.29) is 11.9 Å². The van der Waals surface area contributed by atoms with Gasteiger partial charge in [-0.1, -0.05) is 28.1 Å². The molecule has 5 heteroatoms. The van der Waals surface area contributed by atoms with E-state index in [1.54, 1.807) is 24.0 Å². The molecule has 18 heavy (non-hydrogen) atoms. The summed E-state index contributed by atoms with van der Waals surface area (Å²) in [5, 5.41) is 6.98. The van der Waals surface area contributed by atoms with Crippen LogP contribution in [0.5, 0.6) is 0 Å². The number of halogens is 1. The Morgan fingerprint density at radius 2 is 2.00 bits per heavy atom. The van der Waals surface area contributed by atoms with Crippen LogP contribution in [0.2, 0.25) is 0 Å². The molecule has 1 aromatic heterocycles. The molecule has 1 atom stereocenters. The van der Waals surface area contributed by atoms with Crippen molar-refractivity contribution in [1.29, 1.82) is 0 Å². The van der Waals surface area contributed by atoms with Gasteiger partial charge in [0.1, 0.15) is 5.69 Å². The van der Waals surface area contributed by atoms with Gasteiger partial charge < -0.3 is 5.32 Å². The van der Waals surface area contributed by atoms with Crippen LogP contribution >= 0.6 is 15.9 Å². The smallest absolute Gasteiger partial charge is 0.272 e. The van der Waals surface area contributed by atoms with Crippen molar-refractivity contribution in [3.05, 3.63) is 52.3 Å². The van der Waals surface area contributed by atoms with Crippen LogP contribution in [0.25, 0.3) is 0 Å². The fourth-order valence-corrected chi connectivity index (χ4v) is 1.91. The Morgan fingerprint density at radius 3 is 2.56 bits per heavy atom. The number of aromatic nitrogens is 2. The molecule has 0 fully saturated rings. The zero-order chi connectivity index (χ0) is 13.1. The average molecular weight is 308 g/mol. The Labute approximate surface area is 114 Å². The van der Waals surface area contributed by atoms with Crippen molar-refractivity contribution >= 4 is 21.8 Å². The number of benzene rings is 1. The SMILES string of the molecule is C[C@@H](NC(=O)c1ccn(C)n1)c1ccc(Br)cc1. The Hall–Kier alpha value is -1.62. The highest BCUT2D eigenvalue weighted by Gasteiger charge is 2.13. The Bertz CT molecular complexity index is 548. The fourth-order valence-electron chi connectivity index (χ4n) is 1.64. The molecule has 0 aliphatic carbocycles. The molecule has 0 unspecified atom stereocenters. The summed E-state index contributed by atoms with van der Waals surface area (Å²) in [4.78, 5) is 11.9. The second-order valence-electron chi connectivity index (χ2n) is 4.12. The summed E-state index contributed by atoms with van der Waals surface area (Å²) in [6, 6.07) is 9.52. The lowest BCUT2D eigenvalue weighted by Crippen LogP contribution is -2.27. The highest BCUT2D eigenvalue weighted by atomic mass is 79.9. The maximum Gasteiger partial charge on any atom is 0.272 e. The van der Waals surface area contributed by atoms with Gasteiger partial charge in [0.05, 0.1) is 6.04 Å². The topological polar surface area (TPSA) is 46.9 Å². The Balaban J connectivity index is 2.05. The third kappa shape index (κ3) is 2.98. The number of hydrogen-bond acceptors (Lipinski definition) is 2. The Kier molecular flexibility index (Phi) is 3.81. The van der Waals surface area contributed by atoms with Gasteiger partial charge in [0.15, 0.2) is 0 Å². The van der Waals surface area contributed by atoms with Gasteiger partial charge in [-0.15, -0.1) is 0 Å². The fraction of sp³-hybridized carbons (Fsp3) is 0.231. The van der Waals surface area contributed by atoms with Crippen molar-refractivity contribution in [3.63, 3.8) is 0 Å². The van der Waals surface area contributed by atoms with Crippen molar-refractivity contribution in [3.8, 4) is 0 Å². The molecular formula is C13H14BrN3O. The molecule has 1 N–H and O–H groups in total. The van der Waals surface area contributed by atoms with Crippen LogP contribution in [-0.2, 0) is 7.05 Å². The average Bonchev–Trinajstić information content (AvgIpc) is 2.76. The second-order valence-corrected chi connectivity index (χ2v) is 5.04. The number of nitrogens with zero attached hydrogens (tertiary/aromatic N) is 2. The first kappa shape index (κ1) is 12.8. The lowest BCUT2D eigenvalue weighted by atomic mass is 10.1. The Morgan fingerprint density at radius 1 is 1.33 bits per heavy atom. The minimum Gasteiger partial charge on any atom is -0.344 e. The molecule has 0 saturated carbocycles. The summed E-state index contributed by atoms with van der Waals surface area (Å²) in [6.45, 7) is 1.95. The molecule has 1 aromatic carbocycles. The number of carbonyl (C=O) groups excluding carboxylic acids is 1. The predicted octanol–water partition coefficient (Wildman–Crippen LogP) is 2.67. The molecule has 94 valence electrons. The van der Waals surface area contributed by atoms with E-state index in [4.69, 9.17) is 0 Å². The minimum absolute atomic E-state index is 0.0485. The van der Waals surface area contributed by atoms with Crippen LogP contribution in [-0.4, -0.2) is 15.7 Å². The zero-order valence-electron chi connectivity index (χ0n) is 10.2. The zero-order valence-corrected chi connectivity index (χ0v) is 11.8. The van der Waals surface area contributed by atoms with Gasteiger partial charge in [0, 0.05) is 17.7 Å². The van der Waals surface area contributed by atoms with E-state index in [2.05, 4.69) is 26.3 Å². The summed E-state index contributed by atoms with van der Waals surface area (Å²) in [5.74, 6) is -0.161. The summed E-state index contributed by atoms with van der Waals surface area (Å²) in [5.41, 5.74) is 1.49. The van der Waals surface area contributed by atoms with E-state index in [0.29, 0.717) is 5.69 Å². The van der Waals surface area contributed by atoms with Crippen molar-refractivity contribution in [2.75, 3.05) is 0 Å². The van der Waals surface area contributed by atoms with E-state index < -0.39 is 0 Å². The van der Waals surface area contributed by atoms with Gasteiger partial charge in [0.25, 0.3) is 5.91 Å². The highest BCUT2D eigenvalue weighted by molar-refractivity contribution is 9.10. The van der Waals surface area contributed by atoms with Crippen LogP contribution in [0.4, 0.5) is 0 Å². The van der Waals surface area contributed by atoms with E-state index in [1.165, 1.54) is 0 Å². The number of amides is 1. The number of aryl methyl sites for hydroxylation is 1. The molecule has 0 bridgehead atoms. The highest BCUT2D eigenvalue weighted by Crippen LogP contribution is 2.16. The summed E-state index contributed by atoms with van der Waals surface area (Å²) in [6.07, 6.45) is 1.75. The van der Waals surface area contributed by atoms with Gasteiger partial charge in [-0.2, -0.15) is 5.10 Å². The molecule has 0 aliphatic rings. The molecule has 0 saturated heterocycles. The first-order chi connectivity index (χ1) is 8.56. The van der Waals surface area contributed by atoms with Gasteiger partial charge in [-0.3, -0.25) is 9.48 Å². The maximum absolute atomic E-state index is 11.9. The van der Waals surface area contributed by atoms with E-state index in [0.717, 1.165) is 10.0 Å². The van der Waals surface area contributed by atoms with Gasteiger partial charge >= 0.3 is 0 Å². The first-order valence-corrected chi connectivity index (χ1v) is 6.41. The van der Waals surface area contributed by atoms with E-state index in [1.807, 2.05) is 31.2 Å². The molecule has 0 radical (unpaired) electrons. The molecule has 2 rings (SSSR count). The molecule has 0 aliphatic heterocycles. The van der Waals surface area contributed by atoms with Crippen LogP contribution in [0.3, 0.4) is 0 Å². The molecular weight excluding hydrogens is 294 g/mol. The quantitative estimate of drug-likeness (QED) is 0.947. The lowest BCUT2D eigenvalue weighted by molar-refractivity contribution is 0.0934. The van der Waals surface area contributed by atoms with Gasteiger partial charge in [-0.25, -0.2) is 0 Å². The molecule has 2 aromatic rings. The number of hydrogen-bond donors (Lipinski definition) is 1. The third-order valence-electron chi connectivity index (χ3n) is 2.66. The summed E-state index contributed by atoms with van der Waals surface area (Å²) < 4.78 is 2.63. The largest absolute Gasteiger partial charge is 0.344 e. The normalized spacial score (nSPS) is 12.2. The van der Waals surface area contributed by atoms with Crippen molar-refractivity contribution < 1.29 is 4.79 Å². The van der Waals surface area contributed by atoms with Crippen LogP contribution in [0.15, 0.2) is 41.0 Å². The number of rotatable bonds is 3. The summed E-state index contributed by atoms with van der Waals surface area (Å²) in [7, 11) is 1.79. The van der Waals surface area contributed by atoms with Gasteiger partial charge in [-0.05, 0) is 30.7 Å². The first-order valence-electron chi connectivity index (χ1n) is 5.62. The van der Waals surface area contributed by atoms with Crippen LogP contribution in [0.1, 0.15) is 29.0 Å². The monoisotopic (exact) mass is 307 g/mol. The number of nitrogens with one attached hydrogen (secondary N) is 1.